The third-order valence-electron chi connectivity index (χ3n) is 7.05. The van der Waals surface area contributed by atoms with Crippen LogP contribution in [0, 0.1) is 23.4 Å². The fourth-order valence-corrected chi connectivity index (χ4v) is 4.96. The monoisotopic (exact) mass is 460 g/mol. The van der Waals surface area contributed by atoms with E-state index in [2.05, 4.69) is 6.58 Å². The first-order chi connectivity index (χ1) is 16.5. The normalized spacial score (nSPS) is 18.4. The van der Waals surface area contributed by atoms with Crippen molar-refractivity contribution in [3.05, 3.63) is 108 Å². The largest absolute Gasteiger partial charge is 0.207 e. The van der Waals surface area contributed by atoms with Crippen molar-refractivity contribution in [2.45, 2.75) is 51.4 Å². The predicted octanol–water partition coefficient (Wildman–Crippen LogP) is 9.41. The Morgan fingerprint density at radius 1 is 0.824 bits per heavy atom. The van der Waals surface area contributed by atoms with Gasteiger partial charge in [-0.05, 0) is 91.2 Å². The van der Waals surface area contributed by atoms with Crippen LogP contribution < -0.4 is 0 Å². The van der Waals surface area contributed by atoms with Crippen molar-refractivity contribution in [1.29, 1.82) is 0 Å². The van der Waals surface area contributed by atoms with E-state index in [1.165, 1.54) is 0 Å². The molecule has 3 heteroatoms. The lowest BCUT2D eigenvalue weighted by Crippen LogP contribution is -2.12. The van der Waals surface area contributed by atoms with Gasteiger partial charge in [0, 0.05) is 5.56 Å². The molecule has 1 aliphatic rings. The number of rotatable bonds is 7. The standard InChI is InChI=1S/C31H31F3/c1-3-5-6-7-25-16-19-28(31(34)30(25)33)24-14-12-22(13-15-24)26-17-18-27(29(32)20-26)23-10-8-21(4-2)9-11-23/h3-5,12-21,23H,2,6-11H2,1H3/b5-3+. The molecule has 176 valence electrons. The summed E-state index contributed by atoms with van der Waals surface area (Å²) in [6.45, 7) is 5.79. The molecular weight excluding hydrogens is 429 g/mol. The van der Waals surface area contributed by atoms with E-state index < -0.39 is 11.6 Å². The maximum Gasteiger partial charge on any atom is 0.166 e. The van der Waals surface area contributed by atoms with Crippen molar-refractivity contribution in [1.82, 2.24) is 0 Å². The molecule has 3 aromatic carbocycles. The van der Waals surface area contributed by atoms with Gasteiger partial charge >= 0.3 is 0 Å². The summed E-state index contributed by atoms with van der Waals surface area (Å²) in [6, 6.07) is 15.9. The van der Waals surface area contributed by atoms with Crippen LogP contribution in [0.2, 0.25) is 0 Å². The van der Waals surface area contributed by atoms with Crippen LogP contribution >= 0.6 is 0 Å². The van der Waals surface area contributed by atoms with E-state index in [1.54, 1.807) is 30.3 Å². The Labute approximate surface area is 200 Å². The minimum absolute atomic E-state index is 0.176. The lowest BCUT2D eigenvalue weighted by Gasteiger charge is -2.27. The van der Waals surface area contributed by atoms with Crippen LogP contribution in [-0.4, -0.2) is 0 Å². The molecule has 1 fully saturated rings. The Kier molecular flexibility index (Phi) is 7.72. The fourth-order valence-electron chi connectivity index (χ4n) is 4.96. The first kappa shape index (κ1) is 24.1. The Morgan fingerprint density at radius 2 is 1.50 bits per heavy atom. The number of halogens is 3. The van der Waals surface area contributed by atoms with Gasteiger partial charge in [-0.1, -0.05) is 66.8 Å². The summed E-state index contributed by atoms with van der Waals surface area (Å²) >= 11 is 0. The summed E-state index contributed by atoms with van der Waals surface area (Å²) in [6.07, 6.45) is 11.1. The molecule has 0 amide bonds. The van der Waals surface area contributed by atoms with Crippen LogP contribution in [0.25, 0.3) is 22.3 Å². The second-order valence-electron chi connectivity index (χ2n) is 9.17. The molecule has 0 N–H and O–H groups in total. The Morgan fingerprint density at radius 3 is 2.15 bits per heavy atom. The number of allylic oxidation sites excluding steroid dienone is 3. The van der Waals surface area contributed by atoms with E-state index in [1.807, 2.05) is 49.4 Å². The molecule has 4 rings (SSSR count). The quantitative estimate of drug-likeness (QED) is 0.308. The van der Waals surface area contributed by atoms with Crippen LogP contribution in [0.1, 0.15) is 56.1 Å². The second-order valence-corrected chi connectivity index (χ2v) is 9.17. The summed E-state index contributed by atoms with van der Waals surface area (Å²) in [5.74, 6) is -0.986. The van der Waals surface area contributed by atoms with E-state index in [4.69, 9.17) is 0 Å². The lowest BCUT2D eigenvalue weighted by molar-refractivity contribution is 0.369. The van der Waals surface area contributed by atoms with Crippen molar-refractivity contribution in [3.8, 4) is 22.3 Å². The molecule has 3 aromatic rings. The highest BCUT2D eigenvalue weighted by atomic mass is 19.2. The van der Waals surface area contributed by atoms with Gasteiger partial charge in [0.15, 0.2) is 11.6 Å². The van der Waals surface area contributed by atoms with E-state index in [0.717, 1.165) is 42.4 Å². The number of benzene rings is 3. The van der Waals surface area contributed by atoms with Crippen LogP contribution in [0.15, 0.2) is 79.4 Å². The highest BCUT2D eigenvalue weighted by Gasteiger charge is 2.23. The SMILES string of the molecule is C=CC1CCC(c2ccc(-c3ccc(-c4ccc(CC/C=C/C)c(F)c4F)cc3)cc2F)CC1. The van der Waals surface area contributed by atoms with Gasteiger partial charge in [-0.2, -0.15) is 0 Å². The molecule has 34 heavy (non-hydrogen) atoms. The predicted molar refractivity (Wildman–Crippen MR) is 135 cm³/mol. The fraction of sp³-hybridized carbons (Fsp3) is 0.290. The highest BCUT2D eigenvalue weighted by Crippen LogP contribution is 2.38. The molecule has 0 radical (unpaired) electrons. The molecule has 0 spiro atoms. The molecule has 1 aliphatic carbocycles. The van der Waals surface area contributed by atoms with Crippen molar-refractivity contribution >= 4 is 0 Å². The van der Waals surface area contributed by atoms with E-state index in [-0.39, 0.29) is 17.3 Å². The van der Waals surface area contributed by atoms with Crippen molar-refractivity contribution in [3.63, 3.8) is 0 Å². The van der Waals surface area contributed by atoms with Gasteiger partial charge in [0.25, 0.3) is 0 Å². The van der Waals surface area contributed by atoms with Crippen molar-refractivity contribution in [2.24, 2.45) is 5.92 Å². The smallest absolute Gasteiger partial charge is 0.166 e. The summed E-state index contributed by atoms with van der Waals surface area (Å²) < 4.78 is 44.3. The maximum atomic E-state index is 15.0. The van der Waals surface area contributed by atoms with Gasteiger partial charge in [-0.15, -0.1) is 6.58 Å². The minimum Gasteiger partial charge on any atom is -0.207 e. The second kappa shape index (κ2) is 10.9. The van der Waals surface area contributed by atoms with Gasteiger partial charge in [-0.25, -0.2) is 13.2 Å². The summed E-state index contributed by atoms with van der Waals surface area (Å²) in [5, 5.41) is 0. The molecule has 0 bridgehead atoms. The van der Waals surface area contributed by atoms with Crippen molar-refractivity contribution in [2.75, 3.05) is 0 Å². The first-order valence-corrected chi connectivity index (χ1v) is 12.1. The number of hydrogen-bond acceptors (Lipinski definition) is 0. The molecule has 1 saturated carbocycles. The first-order valence-electron chi connectivity index (χ1n) is 12.1. The zero-order chi connectivity index (χ0) is 24.1. The van der Waals surface area contributed by atoms with Crippen LogP contribution in [0.5, 0.6) is 0 Å². The van der Waals surface area contributed by atoms with Gasteiger partial charge in [0.1, 0.15) is 5.82 Å². The van der Waals surface area contributed by atoms with E-state index in [9.17, 15) is 13.2 Å². The zero-order valence-electron chi connectivity index (χ0n) is 19.7. The Balaban J connectivity index is 1.51. The number of aryl methyl sites for hydroxylation is 1. The molecular formula is C31H31F3. The van der Waals surface area contributed by atoms with Gasteiger partial charge < -0.3 is 0 Å². The lowest BCUT2D eigenvalue weighted by atomic mass is 9.78. The Hall–Kier alpha value is -3.07. The third-order valence-corrected chi connectivity index (χ3v) is 7.05. The van der Waals surface area contributed by atoms with Crippen LogP contribution in [-0.2, 0) is 6.42 Å². The molecule has 0 unspecified atom stereocenters. The topological polar surface area (TPSA) is 0 Å². The van der Waals surface area contributed by atoms with Gasteiger partial charge in [0.2, 0.25) is 0 Å². The molecule has 0 aliphatic heterocycles. The summed E-state index contributed by atoms with van der Waals surface area (Å²) in [7, 11) is 0. The molecule has 0 heterocycles. The average Bonchev–Trinajstić information content (AvgIpc) is 2.87. The number of hydrogen-bond donors (Lipinski definition) is 0. The van der Waals surface area contributed by atoms with E-state index >= 15 is 0 Å². The molecule has 0 saturated heterocycles. The van der Waals surface area contributed by atoms with Gasteiger partial charge in [0.05, 0.1) is 0 Å². The molecule has 0 nitrogen and oxygen atoms in total. The summed E-state index contributed by atoms with van der Waals surface area (Å²) in [4.78, 5) is 0. The van der Waals surface area contributed by atoms with E-state index in [0.29, 0.717) is 29.9 Å². The maximum absolute atomic E-state index is 15.0. The van der Waals surface area contributed by atoms with Crippen molar-refractivity contribution < 1.29 is 13.2 Å². The molecule has 0 atom stereocenters. The third kappa shape index (κ3) is 5.19. The minimum atomic E-state index is -0.827. The average molecular weight is 461 g/mol. The van der Waals surface area contributed by atoms with Crippen LogP contribution in [0.4, 0.5) is 13.2 Å². The Bertz CT molecular complexity index is 1170. The summed E-state index contributed by atoms with van der Waals surface area (Å²) in [5.41, 5.74) is 3.61. The van der Waals surface area contributed by atoms with Crippen LogP contribution in [0.3, 0.4) is 0 Å². The molecule has 0 aromatic heterocycles. The highest BCUT2D eigenvalue weighted by molar-refractivity contribution is 5.71. The van der Waals surface area contributed by atoms with Gasteiger partial charge in [-0.3, -0.25) is 0 Å². The zero-order valence-corrected chi connectivity index (χ0v) is 19.7.